The molecule has 0 aliphatic heterocycles. The number of carbonyl (C=O) groups is 1. The lowest BCUT2D eigenvalue weighted by Gasteiger charge is -2.09. The summed E-state index contributed by atoms with van der Waals surface area (Å²) >= 11 is 0. The number of aromatic nitrogens is 3. The number of halogens is 1. The van der Waals surface area contributed by atoms with Gasteiger partial charge >= 0.3 is 0 Å². The molecule has 0 aliphatic carbocycles. The van der Waals surface area contributed by atoms with Crippen molar-refractivity contribution in [3.8, 4) is 16.8 Å². The Hall–Kier alpha value is -4.19. The quantitative estimate of drug-likeness (QED) is 0.348. The van der Waals surface area contributed by atoms with Crippen molar-refractivity contribution >= 4 is 16.8 Å². The maximum atomic E-state index is 13.2. The van der Waals surface area contributed by atoms with Crippen molar-refractivity contribution in [2.24, 2.45) is 5.73 Å². The number of fused-ring (bicyclic) bond motifs is 1. The number of nitrogens with zero attached hydrogens (tertiary/aromatic N) is 3. The highest BCUT2D eigenvalue weighted by Gasteiger charge is 2.11. The first-order valence-corrected chi connectivity index (χ1v) is 11.3. The summed E-state index contributed by atoms with van der Waals surface area (Å²) < 4.78 is 17.1. The first kappa shape index (κ1) is 23.0. The monoisotopic (exact) mass is 454 g/mol. The van der Waals surface area contributed by atoms with Crippen molar-refractivity contribution < 1.29 is 9.18 Å². The summed E-state index contributed by atoms with van der Waals surface area (Å²) in [6.45, 7) is 6.63. The van der Waals surface area contributed by atoms with Crippen LogP contribution in [0.3, 0.4) is 0 Å². The van der Waals surface area contributed by atoms with Gasteiger partial charge < -0.3 is 10.3 Å². The van der Waals surface area contributed by atoms with Crippen molar-refractivity contribution in [1.29, 1.82) is 0 Å². The minimum atomic E-state index is -0.537. The van der Waals surface area contributed by atoms with Gasteiger partial charge in [0.25, 0.3) is 5.91 Å². The molecule has 6 heteroatoms. The molecule has 5 aromatic rings. The zero-order chi connectivity index (χ0) is 24.2. The minimum absolute atomic E-state index is 0.232. The van der Waals surface area contributed by atoms with Gasteiger partial charge in [0.05, 0.1) is 5.69 Å². The molecule has 3 aromatic carbocycles. The minimum Gasteiger partial charge on any atom is -0.364 e. The molecule has 5 rings (SSSR count). The van der Waals surface area contributed by atoms with E-state index in [-0.39, 0.29) is 11.5 Å². The summed E-state index contributed by atoms with van der Waals surface area (Å²) in [4.78, 5) is 11.4. The van der Waals surface area contributed by atoms with Gasteiger partial charge in [-0.05, 0) is 66.1 Å². The number of hydrogen-bond donors (Lipinski definition) is 1. The number of nitrogens with two attached hydrogens (primary N) is 1. The highest BCUT2D eigenvalue weighted by atomic mass is 19.1. The van der Waals surface area contributed by atoms with Crippen LogP contribution >= 0.6 is 0 Å². The van der Waals surface area contributed by atoms with Crippen LogP contribution in [0.15, 0.2) is 85.1 Å². The number of amides is 1. The van der Waals surface area contributed by atoms with E-state index in [1.165, 1.54) is 17.7 Å². The molecule has 0 saturated carbocycles. The predicted octanol–water partition coefficient (Wildman–Crippen LogP) is 6.11. The molecule has 0 atom stereocenters. The van der Waals surface area contributed by atoms with E-state index < -0.39 is 5.91 Å². The topological polar surface area (TPSA) is 65.8 Å². The molecule has 5 nitrogen and oxygen atoms in total. The second-order valence-corrected chi connectivity index (χ2v) is 7.84. The Balaban J connectivity index is 0.00000133. The molecule has 0 unspecified atom stereocenters. The molecule has 2 N–H and O–H groups in total. The number of carbonyl (C=O) groups excluding carboxylic acids is 1. The van der Waals surface area contributed by atoms with Crippen LogP contribution in [-0.4, -0.2) is 20.3 Å². The second kappa shape index (κ2) is 9.75. The predicted molar refractivity (Wildman–Crippen MR) is 135 cm³/mol. The Morgan fingerprint density at radius 1 is 0.912 bits per heavy atom. The largest absolute Gasteiger partial charge is 0.364 e. The van der Waals surface area contributed by atoms with Gasteiger partial charge in [-0.25, -0.2) is 9.07 Å². The zero-order valence-corrected chi connectivity index (χ0v) is 19.5. The van der Waals surface area contributed by atoms with Crippen LogP contribution in [-0.2, 0) is 6.54 Å². The molecule has 34 heavy (non-hydrogen) atoms. The lowest BCUT2D eigenvalue weighted by atomic mass is 10.0. The Bertz CT molecular complexity index is 1430. The molecule has 2 heterocycles. The summed E-state index contributed by atoms with van der Waals surface area (Å²) in [5, 5.41) is 5.40. The normalized spacial score (nSPS) is 10.7. The smallest absolute Gasteiger partial charge is 0.269 e. The second-order valence-electron chi connectivity index (χ2n) is 7.84. The van der Waals surface area contributed by atoms with Gasteiger partial charge in [-0.15, -0.1) is 0 Å². The summed E-state index contributed by atoms with van der Waals surface area (Å²) in [6.07, 6.45) is 2.06. The van der Waals surface area contributed by atoms with E-state index in [1.807, 2.05) is 32.9 Å². The fourth-order valence-corrected chi connectivity index (χ4v) is 3.96. The molecular weight excluding hydrogens is 427 g/mol. The average molecular weight is 455 g/mol. The van der Waals surface area contributed by atoms with E-state index in [1.54, 1.807) is 22.9 Å². The van der Waals surface area contributed by atoms with Crippen LogP contribution < -0.4 is 5.73 Å². The molecular formula is C28H27FN4O. The maximum Gasteiger partial charge on any atom is 0.269 e. The molecule has 2 aromatic heterocycles. The van der Waals surface area contributed by atoms with Gasteiger partial charge in [-0.3, -0.25) is 4.79 Å². The third-order valence-electron chi connectivity index (χ3n) is 5.62. The maximum absolute atomic E-state index is 13.2. The lowest BCUT2D eigenvalue weighted by Crippen LogP contribution is -2.12. The van der Waals surface area contributed by atoms with Crippen LogP contribution in [0.5, 0.6) is 0 Å². The third kappa shape index (κ3) is 4.62. The van der Waals surface area contributed by atoms with Gasteiger partial charge in [0.2, 0.25) is 0 Å². The Labute approximate surface area is 198 Å². The van der Waals surface area contributed by atoms with Crippen molar-refractivity contribution in [2.75, 3.05) is 0 Å². The third-order valence-corrected chi connectivity index (χ3v) is 5.62. The Morgan fingerprint density at radius 2 is 1.56 bits per heavy atom. The number of hydrogen-bond acceptors (Lipinski definition) is 2. The van der Waals surface area contributed by atoms with Crippen molar-refractivity contribution in [1.82, 2.24) is 14.3 Å². The Morgan fingerprint density at radius 3 is 2.18 bits per heavy atom. The number of aryl methyl sites for hydroxylation is 1. The van der Waals surface area contributed by atoms with Crippen LogP contribution in [0.1, 0.15) is 35.6 Å². The number of rotatable bonds is 5. The molecule has 0 saturated heterocycles. The summed E-state index contributed by atoms with van der Waals surface area (Å²) in [5.41, 5.74) is 11.7. The zero-order valence-electron chi connectivity index (χ0n) is 19.5. The first-order chi connectivity index (χ1) is 16.5. The van der Waals surface area contributed by atoms with Crippen LogP contribution in [0, 0.1) is 12.7 Å². The lowest BCUT2D eigenvalue weighted by molar-refractivity contribution is 0.0995. The average Bonchev–Trinajstić information content (AvgIpc) is 3.44. The fourth-order valence-electron chi connectivity index (χ4n) is 3.96. The van der Waals surface area contributed by atoms with E-state index in [2.05, 4.69) is 52.3 Å². The van der Waals surface area contributed by atoms with Gasteiger partial charge in [0.15, 0.2) is 5.69 Å². The highest BCUT2D eigenvalue weighted by molar-refractivity contribution is 5.91. The van der Waals surface area contributed by atoms with E-state index in [4.69, 9.17) is 5.73 Å². The first-order valence-electron chi connectivity index (χ1n) is 11.3. The standard InChI is InChI=1S/C26H21FN4O.C2H6/c1-17-14-24(26(28)32)29-31(17)23-10-11-25-21(15-23)12-13-30(25)16-18-2-4-19(5-3-18)20-6-8-22(27)9-7-20;1-2/h2-15H,16H2,1H3,(H2,28,32);1-2H3. The molecule has 172 valence electrons. The summed E-state index contributed by atoms with van der Waals surface area (Å²) in [6, 6.07) is 24.7. The van der Waals surface area contributed by atoms with E-state index in [0.717, 1.165) is 40.0 Å². The van der Waals surface area contributed by atoms with E-state index >= 15 is 0 Å². The van der Waals surface area contributed by atoms with Crippen molar-refractivity contribution in [3.05, 3.63) is 108 Å². The fraction of sp³-hybridized carbons (Fsp3) is 0.143. The highest BCUT2D eigenvalue weighted by Crippen LogP contribution is 2.24. The van der Waals surface area contributed by atoms with Crippen LogP contribution in [0.2, 0.25) is 0 Å². The Kier molecular flexibility index (Phi) is 6.59. The summed E-state index contributed by atoms with van der Waals surface area (Å²) in [5.74, 6) is -0.770. The molecule has 0 bridgehead atoms. The molecule has 0 fully saturated rings. The van der Waals surface area contributed by atoms with Crippen molar-refractivity contribution in [3.63, 3.8) is 0 Å². The van der Waals surface area contributed by atoms with Crippen LogP contribution in [0.25, 0.3) is 27.7 Å². The van der Waals surface area contributed by atoms with E-state index in [9.17, 15) is 9.18 Å². The molecule has 0 radical (unpaired) electrons. The van der Waals surface area contributed by atoms with E-state index in [0.29, 0.717) is 0 Å². The van der Waals surface area contributed by atoms with Gasteiger partial charge in [-0.2, -0.15) is 5.10 Å². The molecule has 0 spiro atoms. The molecule has 1 amide bonds. The number of primary amides is 1. The van der Waals surface area contributed by atoms with Gasteiger partial charge in [0.1, 0.15) is 5.82 Å². The molecule has 0 aliphatic rings. The van der Waals surface area contributed by atoms with Crippen molar-refractivity contribution in [2.45, 2.75) is 27.3 Å². The van der Waals surface area contributed by atoms with Gasteiger partial charge in [0, 0.05) is 29.3 Å². The van der Waals surface area contributed by atoms with Gasteiger partial charge in [-0.1, -0.05) is 50.2 Å². The van der Waals surface area contributed by atoms with Crippen LogP contribution in [0.4, 0.5) is 4.39 Å². The SMILES string of the molecule is CC.Cc1cc(C(N)=O)nn1-c1ccc2c(ccn2Cc2ccc(-c3ccc(F)cc3)cc2)c1. The number of benzene rings is 3. The summed E-state index contributed by atoms with van der Waals surface area (Å²) in [7, 11) is 0.